The molecule has 49 heavy (non-hydrogen) atoms. The average molecular weight is 892 g/mol. The molecule has 0 rings (SSSR count). The molecule has 1 radical (unpaired) electrons. The van der Waals surface area contributed by atoms with Crippen LogP contribution in [0.4, 0.5) is 0 Å². The molecule has 0 aliphatic rings. The van der Waals surface area contributed by atoms with Crippen LogP contribution in [-0.2, 0) is 27.3 Å². The molecule has 0 amide bonds. The predicted octanol–water partition coefficient (Wildman–Crippen LogP) is 10.7. The Morgan fingerprint density at radius 1 is 0.408 bits per heavy atom. The van der Waals surface area contributed by atoms with E-state index in [9.17, 15) is 28.4 Å². The topological polar surface area (TPSA) is 148 Å². The van der Waals surface area contributed by atoms with Crippen molar-refractivity contribution < 1.29 is 82.8 Å². The molecule has 0 bridgehead atoms. The van der Waals surface area contributed by atoms with Crippen LogP contribution in [0.2, 0.25) is 0 Å². The molecule has 0 aliphatic carbocycles. The van der Waals surface area contributed by atoms with Crippen LogP contribution in [0.15, 0.2) is 0 Å². The van der Waals surface area contributed by atoms with Crippen LogP contribution in [0.25, 0.3) is 0 Å². The molecule has 295 valence electrons. The average Bonchev–Trinajstić information content (AvgIpc) is 3.03. The Morgan fingerprint density at radius 2 is 0.612 bits per heavy atom. The van der Waals surface area contributed by atoms with Gasteiger partial charge in [0.2, 0.25) is 0 Å². The Morgan fingerprint density at radius 3 is 0.776 bits per heavy atom. The Balaban J connectivity index is -0.000000307. The van der Waals surface area contributed by atoms with Crippen molar-refractivity contribution in [3.63, 3.8) is 0 Å². The monoisotopic (exact) mass is 889 g/mol. The van der Waals surface area contributed by atoms with Crippen molar-refractivity contribution >= 4 is 22.8 Å². The van der Waals surface area contributed by atoms with Gasteiger partial charge >= 0.3 is 40.8 Å². The first-order valence-corrected chi connectivity index (χ1v) is 24.7. The molecular weight excluding hydrogens is 814 g/mol. The first-order valence-electron chi connectivity index (χ1n) is 19.5. The molecule has 0 heterocycles. The van der Waals surface area contributed by atoms with Gasteiger partial charge in [-0.05, 0) is 56.3 Å². The van der Waals surface area contributed by atoms with E-state index < -0.39 is 22.8 Å². The van der Waals surface area contributed by atoms with Crippen molar-refractivity contribution in [2.24, 2.45) is 17.8 Å². The summed E-state index contributed by atoms with van der Waals surface area (Å²) in [4.78, 5) is 34.9. The number of unbranched alkanes of at least 4 members (excludes halogenated alkanes) is 6. The zero-order valence-corrected chi connectivity index (χ0v) is 39.1. The van der Waals surface area contributed by atoms with E-state index in [1.54, 1.807) is 0 Å². The van der Waals surface area contributed by atoms with E-state index in [4.69, 9.17) is 13.6 Å². The summed E-state index contributed by atoms with van der Waals surface area (Å²) >= 11 is 0. The van der Waals surface area contributed by atoms with Crippen LogP contribution >= 0.6 is 22.8 Å². The molecule has 0 saturated heterocycles. The third-order valence-corrected chi connectivity index (χ3v) is 13.1. The van der Waals surface area contributed by atoms with Gasteiger partial charge in [-0.1, -0.05) is 139 Å². The van der Waals surface area contributed by atoms with Crippen molar-refractivity contribution in [1.82, 2.24) is 0 Å². The maximum atomic E-state index is 11.6. The number of rotatable bonds is 30. The minimum atomic E-state index is -3.59. The van der Waals surface area contributed by atoms with Crippen LogP contribution in [0.1, 0.15) is 178 Å². The molecule has 6 unspecified atom stereocenters. The van der Waals surface area contributed by atoms with Crippen LogP contribution in [-0.4, -0.2) is 38.3 Å². The summed E-state index contributed by atoms with van der Waals surface area (Å²) in [7, 11) is -10.8. The summed E-state index contributed by atoms with van der Waals surface area (Å²) in [6.45, 7) is 19.6. The summed E-state index contributed by atoms with van der Waals surface area (Å²) < 4.78 is 49.9. The predicted molar refractivity (Wildman–Crippen MR) is 200 cm³/mol. The quantitative estimate of drug-likeness (QED) is 0.0507. The minimum Gasteiger partial charge on any atom is -0.778 e. The van der Waals surface area contributed by atoms with Gasteiger partial charge in [0.05, 0.1) is 19.8 Å². The van der Waals surface area contributed by atoms with E-state index in [-0.39, 0.29) is 77.1 Å². The van der Waals surface area contributed by atoms with Gasteiger partial charge in [-0.3, -0.25) is 0 Å². The Bertz CT molecular complexity index is 731. The fourth-order valence-electron chi connectivity index (χ4n) is 4.90. The van der Waals surface area contributed by atoms with E-state index in [0.29, 0.717) is 19.8 Å². The van der Waals surface area contributed by atoms with Crippen molar-refractivity contribution in [2.45, 2.75) is 178 Å². The number of hydrogen-bond donors (Lipinski definition) is 0. The zero-order chi connectivity index (χ0) is 37.3. The molecule has 0 aliphatic heterocycles. The summed E-state index contributed by atoms with van der Waals surface area (Å²) in [5.74, 6) is 0.805. The Kier molecular flexibility index (Phi) is 44.7. The molecule has 0 saturated carbocycles. The smallest absolute Gasteiger partial charge is 0.778 e. The third-order valence-electron chi connectivity index (χ3n) is 8.43. The van der Waals surface area contributed by atoms with E-state index in [2.05, 4.69) is 20.8 Å². The van der Waals surface area contributed by atoms with Gasteiger partial charge in [0.25, 0.3) is 0 Å². The van der Waals surface area contributed by atoms with Gasteiger partial charge < -0.3 is 41.9 Å². The van der Waals surface area contributed by atoms with Crippen molar-refractivity contribution in [3.8, 4) is 0 Å². The maximum Gasteiger partial charge on any atom is 3.00 e. The van der Waals surface area contributed by atoms with E-state index in [1.807, 2.05) is 41.5 Å². The second kappa shape index (κ2) is 38.1. The van der Waals surface area contributed by atoms with Crippen LogP contribution in [0, 0.1) is 58.6 Å². The Hall–Kier alpha value is 1.80. The third kappa shape index (κ3) is 40.8. The first-order chi connectivity index (χ1) is 22.7. The summed E-state index contributed by atoms with van der Waals surface area (Å²) in [6, 6.07) is 0. The normalized spacial score (nSPS) is 16.7. The maximum absolute atomic E-state index is 11.6. The van der Waals surface area contributed by atoms with Crippen LogP contribution in [0.3, 0.4) is 0 Å². The summed E-state index contributed by atoms with van der Waals surface area (Å²) in [6.07, 6.45) is 18.4. The fourth-order valence-corrected chi connectivity index (χ4v) is 9.66. The molecule has 6 atom stereocenters. The largest absolute Gasteiger partial charge is 3.00 e. The SMILES string of the molecule is CCCCOP(=O)([O-])CC(CC)CCCC.CCCCOP(=O)([O-])CC(CC)CCCC.CCCCOP(=O)([O-])CC(CC)CCCC.[Nd+3]. The van der Waals surface area contributed by atoms with Gasteiger partial charge in [-0.2, -0.15) is 0 Å². The standard InChI is InChI=1S/3C12H27O3P.Nd/c3*1-4-7-9-12(6-3)11-16(13,14)15-10-8-5-2;/h3*12H,4-11H2,1-3H3,(H,13,14);/q;;;+3/p-3. The van der Waals surface area contributed by atoms with E-state index in [1.165, 1.54) is 0 Å². The molecule has 0 N–H and O–H groups in total. The second-order valence-electron chi connectivity index (χ2n) is 13.2. The zero-order valence-electron chi connectivity index (χ0n) is 33.2. The molecule has 13 heteroatoms. The van der Waals surface area contributed by atoms with Gasteiger partial charge in [0, 0.05) is 18.5 Å². The summed E-state index contributed by atoms with van der Waals surface area (Å²) in [5, 5.41) is 0. The molecule has 0 aromatic carbocycles. The Labute approximate surface area is 337 Å². The van der Waals surface area contributed by atoms with E-state index >= 15 is 0 Å². The van der Waals surface area contributed by atoms with Crippen molar-refractivity contribution in [3.05, 3.63) is 0 Å². The van der Waals surface area contributed by atoms with Crippen molar-refractivity contribution in [1.29, 1.82) is 0 Å². The first kappa shape index (κ1) is 57.5. The van der Waals surface area contributed by atoms with Gasteiger partial charge in [0.15, 0.2) is 0 Å². The van der Waals surface area contributed by atoms with E-state index in [0.717, 1.165) is 116 Å². The summed E-state index contributed by atoms with van der Waals surface area (Å²) in [5.41, 5.74) is 0. The van der Waals surface area contributed by atoms with Gasteiger partial charge in [-0.15, -0.1) is 0 Å². The molecular formula is C36H78NdO9P3. The molecule has 0 fully saturated rings. The van der Waals surface area contributed by atoms with Crippen LogP contribution in [0.5, 0.6) is 0 Å². The molecule has 0 aromatic heterocycles. The van der Waals surface area contributed by atoms with Crippen LogP contribution < -0.4 is 14.7 Å². The van der Waals surface area contributed by atoms with Gasteiger partial charge in [-0.25, -0.2) is 0 Å². The molecule has 9 nitrogen and oxygen atoms in total. The van der Waals surface area contributed by atoms with Crippen molar-refractivity contribution in [2.75, 3.05) is 38.3 Å². The second-order valence-corrected chi connectivity index (χ2v) is 18.7. The fraction of sp³-hybridized carbons (Fsp3) is 1.00. The molecule has 0 spiro atoms. The minimum absolute atomic E-state index is 0. The molecule has 0 aromatic rings. The van der Waals surface area contributed by atoms with Gasteiger partial charge in [0.1, 0.15) is 22.8 Å². The number of hydrogen-bond acceptors (Lipinski definition) is 9.